The van der Waals surface area contributed by atoms with Crippen LogP contribution < -0.4 is 0 Å². The maximum absolute atomic E-state index is 6.63. The van der Waals surface area contributed by atoms with Crippen LogP contribution in [0, 0.1) is 0 Å². The Labute approximate surface area is 292 Å². The molecule has 0 saturated heterocycles. The lowest BCUT2D eigenvalue weighted by atomic mass is 10.0. The summed E-state index contributed by atoms with van der Waals surface area (Å²) in [6.07, 6.45) is 6.39. The average molecular weight is 656 g/mol. The van der Waals surface area contributed by atoms with Crippen LogP contribution in [0.2, 0.25) is 0 Å². The molecule has 0 saturated carbocycles. The SMILES string of the molecule is C1=Cc2c(n(-c3nc(-c4ccccc4)nc(-c4cccc5oc6cc(-n7c8ccccc8c8ccccc87)ccc6c45)n3)c3ccccc23)CC1. The Morgan fingerprint density at radius 1 is 0.529 bits per heavy atom. The average Bonchev–Trinajstić information content (AvgIpc) is 3.85. The summed E-state index contributed by atoms with van der Waals surface area (Å²) < 4.78 is 11.2. The van der Waals surface area contributed by atoms with Gasteiger partial charge in [-0.2, -0.15) is 9.97 Å². The normalized spacial score (nSPS) is 12.9. The van der Waals surface area contributed by atoms with Crippen LogP contribution in [0.25, 0.3) is 95.1 Å². The van der Waals surface area contributed by atoms with Crippen molar-refractivity contribution < 1.29 is 4.42 Å². The number of furan rings is 1. The van der Waals surface area contributed by atoms with Gasteiger partial charge in [-0.1, -0.05) is 109 Å². The molecule has 4 heterocycles. The topological polar surface area (TPSA) is 61.7 Å². The summed E-state index contributed by atoms with van der Waals surface area (Å²) in [6, 6.07) is 48.5. The highest BCUT2D eigenvalue weighted by atomic mass is 16.3. The highest BCUT2D eigenvalue weighted by molar-refractivity contribution is 6.13. The van der Waals surface area contributed by atoms with E-state index in [1.165, 1.54) is 27.4 Å². The maximum atomic E-state index is 6.63. The molecule has 0 aliphatic heterocycles. The number of nitrogens with zero attached hydrogens (tertiary/aromatic N) is 5. The summed E-state index contributed by atoms with van der Waals surface area (Å²) in [6.45, 7) is 0. The molecule has 0 amide bonds. The largest absolute Gasteiger partial charge is 0.456 e. The summed E-state index contributed by atoms with van der Waals surface area (Å²) in [5.74, 6) is 1.86. The number of hydrogen-bond donors (Lipinski definition) is 0. The van der Waals surface area contributed by atoms with Gasteiger partial charge in [0.2, 0.25) is 5.95 Å². The molecule has 4 aromatic heterocycles. The lowest BCUT2D eigenvalue weighted by Crippen LogP contribution is -2.10. The van der Waals surface area contributed by atoms with Crippen LogP contribution in [0.15, 0.2) is 150 Å². The van der Waals surface area contributed by atoms with Crippen molar-refractivity contribution in [3.8, 4) is 34.4 Å². The van der Waals surface area contributed by atoms with Gasteiger partial charge in [-0.15, -0.1) is 0 Å². The van der Waals surface area contributed by atoms with Crippen LogP contribution >= 0.6 is 0 Å². The molecule has 0 atom stereocenters. The number of hydrogen-bond acceptors (Lipinski definition) is 4. The van der Waals surface area contributed by atoms with Gasteiger partial charge >= 0.3 is 0 Å². The highest BCUT2D eigenvalue weighted by Crippen LogP contribution is 2.40. The Kier molecular flexibility index (Phi) is 5.98. The van der Waals surface area contributed by atoms with E-state index in [1.807, 2.05) is 30.3 Å². The van der Waals surface area contributed by atoms with E-state index >= 15 is 0 Å². The summed E-state index contributed by atoms with van der Waals surface area (Å²) in [4.78, 5) is 15.5. The molecule has 10 aromatic rings. The third-order valence-corrected chi connectivity index (χ3v) is 10.3. The molecule has 0 bridgehead atoms. The van der Waals surface area contributed by atoms with Crippen LogP contribution in [-0.4, -0.2) is 24.1 Å². The van der Waals surface area contributed by atoms with E-state index in [-0.39, 0.29) is 0 Å². The predicted octanol–water partition coefficient (Wildman–Crippen LogP) is 11.1. The van der Waals surface area contributed by atoms with Gasteiger partial charge < -0.3 is 8.98 Å². The molecule has 0 radical (unpaired) electrons. The number of para-hydroxylation sites is 3. The Morgan fingerprint density at radius 2 is 1.22 bits per heavy atom. The van der Waals surface area contributed by atoms with E-state index in [2.05, 4.69) is 130 Å². The van der Waals surface area contributed by atoms with Crippen molar-refractivity contribution in [2.24, 2.45) is 0 Å². The first-order valence-corrected chi connectivity index (χ1v) is 17.4. The van der Waals surface area contributed by atoms with Crippen LogP contribution in [0.4, 0.5) is 0 Å². The highest BCUT2D eigenvalue weighted by Gasteiger charge is 2.23. The molecule has 0 unspecified atom stereocenters. The van der Waals surface area contributed by atoms with Gasteiger partial charge in [0.25, 0.3) is 0 Å². The van der Waals surface area contributed by atoms with Gasteiger partial charge in [0, 0.05) is 61.1 Å². The molecule has 51 heavy (non-hydrogen) atoms. The Balaban J connectivity index is 1.15. The second-order valence-corrected chi connectivity index (χ2v) is 13.1. The van der Waals surface area contributed by atoms with E-state index in [1.54, 1.807) is 0 Å². The van der Waals surface area contributed by atoms with Gasteiger partial charge in [-0.05, 0) is 49.2 Å². The minimum atomic E-state index is 0.608. The fourth-order valence-corrected chi connectivity index (χ4v) is 8.04. The van der Waals surface area contributed by atoms with Crippen molar-refractivity contribution in [2.45, 2.75) is 12.8 Å². The molecule has 240 valence electrons. The lowest BCUT2D eigenvalue weighted by molar-refractivity contribution is 0.668. The quantitative estimate of drug-likeness (QED) is 0.189. The fourth-order valence-electron chi connectivity index (χ4n) is 8.04. The predicted molar refractivity (Wildman–Crippen MR) is 207 cm³/mol. The van der Waals surface area contributed by atoms with Crippen LogP contribution in [0.1, 0.15) is 17.7 Å². The molecule has 6 nitrogen and oxygen atoms in total. The van der Waals surface area contributed by atoms with E-state index in [0.717, 1.165) is 68.1 Å². The van der Waals surface area contributed by atoms with Crippen molar-refractivity contribution >= 4 is 60.7 Å². The second kappa shape index (κ2) is 10.9. The zero-order valence-electron chi connectivity index (χ0n) is 27.5. The second-order valence-electron chi connectivity index (χ2n) is 13.1. The number of aromatic nitrogens is 5. The van der Waals surface area contributed by atoms with Crippen LogP contribution in [0.3, 0.4) is 0 Å². The first-order chi connectivity index (χ1) is 25.3. The Morgan fingerprint density at radius 3 is 2.00 bits per heavy atom. The van der Waals surface area contributed by atoms with E-state index in [0.29, 0.717) is 17.6 Å². The summed E-state index contributed by atoms with van der Waals surface area (Å²) in [5, 5.41) is 5.66. The van der Waals surface area contributed by atoms with Crippen LogP contribution in [-0.2, 0) is 6.42 Å². The molecule has 6 aromatic carbocycles. The number of allylic oxidation sites excluding steroid dienone is 1. The molecule has 6 heteroatoms. The Bertz CT molecular complexity index is 2980. The number of rotatable bonds is 4. The summed E-state index contributed by atoms with van der Waals surface area (Å²) in [7, 11) is 0. The van der Waals surface area contributed by atoms with Gasteiger partial charge in [0.15, 0.2) is 11.6 Å². The van der Waals surface area contributed by atoms with Gasteiger partial charge in [0.1, 0.15) is 11.2 Å². The first kappa shape index (κ1) is 28.1. The van der Waals surface area contributed by atoms with E-state index in [9.17, 15) is 0 Å². The van der Waals surface area contributed by atoms with Crippen molar-refractivity contribution in [1.29, 1.82) is 0 Å². The molecule has 1 aliphatic rings. The summed E-state index contributed by atoms with van der Waals surface area (Å²) in [5.41, 5.74) is 10.4. The Hall–Kier alpha value is -6.79. The first-order valence-electron chi connectivity index (χ1n) is 17.4. The third kappa shape index (κ3) is 4.20. The summed E-state index contributed by atoms with van der Waals surface area (Å²) >= 11 is 0. The van der Waals surface area contributed by atoms with Gasteiger partial charge in [-0.25, -0.2) is 4.98 Å². The fraction of sp³-hybridized carbons (Fsp3) is 0.0444. The molecular formula is C45H29N5O. The molecule has 0 fully saturated rings. The molecule has 0 spiro atoms. The van der Waals surface area contributed by atoms with Crippen LogP contribution in [0.5, 0.6) is 0 Å². The van der Waals surface area contributed by atoms with Crippen molar-refractivity contribution in [2.75, 3.05) is 0 Å². The molecule has 1 aliphatic carbocycles. The van der Waals surface area contributed by atoms with E-state index < -0.39 is 0 Å². The maximum Gasteiger partial charge on any atom is 0.238 e. The zero-order valence-corrected chi connectivity index (χ0v) is 27.5. The minimum absolute atomic E-state index is 0.608. The standard InChI is InChI=1S/C45H29N5O/c1-2-13-28(14-3-1)43-46-44(48-45(47-43)50-38-22-10-6-17-32(38)33-18-7-11-23-39(33)50)35-19-12-24-40-42(35)34-26-25-29(27-41(34)51-40)49-36-20-8-4-15-30(36)31-16-5-9-21-37(31)49/h1-10,12-22,24-27H,11,23H2. The zero-order chi connectivity index (χ0) is 33.5. The minimum Gasteiger partial charge on any atom is -0.456 e. The van der Waals surface area contributed by atoms with Crippen molar-refractivity contribution in [1.82, 2.24) is 24.1 Å². The molecule has 0 N–H and O–H groups in total. The van der Waals surface area contributed by atoms with Gasteiger partial charge in [-0.3, -0.25) is 4.57 Å². The number of benzene rings is 6. The smallest absolute Gasteiger partial charge is 0.238 e. The van der Waals surface area contributed by atoms with E-state index in [4.69, 9.17) is 19.4 Å². The monoisotopic (exact) mass is 655 g/mol. The molecule has 11 rings (SSSR count). The molecular weight excluding hydrogens is 627 g/mol. The van der Waals surface area contributed by atoms with Gasteiger partial charge in [0.05, 0.1) is 16.6 Å². The lowest BCUT2D eigenvalue weighted by Gasteiger charge is -2.14. The van der Waals surface area contributed by atoms with Crippen molar-refractivity contribution in [3.63, 3.8) is 0 Å². The third-order valence-electron chi connectivity index (χ3n) is 10.3. The van der Waals surface area contributed by atoms with Crippen molar-refractivity contribution in [3.05, 3.63) is 157 Å². The number of fused-ring (bicyclic) bond motifs is 9.